The van der Waals surface area contributed by atoms with Crippen LogP contribution in [0.1, 0.15) is 12.5 Å². The maximum absolute atomic E-state index is 12.1. The Morgan fingerprint density at radius 3 is 2.50 bits per heavy atom. The highest BCUT2D eigenvalue weighted by atomic mass is 16.3. The van der Waals surface area contributed by atoms with Crippen molar-refractivity contribution in [2.75, 3.05) is 13.1 Å². The van der Waals surface area contributed by atoms with Gasteiger partial charge in [-0.15, -0.1) is 0 Å². The minimum atomic E-state index is -1.01. The third-order valence-corrected chi connectivity index (χ3v) is 2.97. The van der Waals surface area contributed by atoms with Crippen LogP contribution in [-0.4, -0.2) is 35.1 Å². The Kier molecular flexibility index (Phi) is 2.69. The van der Waals surface area contributed by atoms with Crippen LogP contribution in [-0.2, 0) is 10.3 Å². The molecule has 86 valence electrons. The molecule has 3 N–H and O–H groups in total. The van der Waals surface area contributed by atoms with Crippen molar-refractivity contribution in [3.8, 4) is 0 Å². The largest absolute Gasteiger partial charge is 0.389 e. The Bertz CT molecular complexity index is 383. The summed E-state index contributed by atoms with van der Waals surface area (Å²) in [4.78, 5) is 13.7. The first kappa shape index (κ1) is 11.1. The van der Waals surface area contributed by atoms with Gasteiger partial charge in [-0.2, -0.15) is 0 Å². The average Bonchev–Trinajstić information content (AvgIpc) is 2.25. The van der Waals surface area contributed by atoms with Crippen molar-refractivity contribution in [1.82, 2.24) is 4.90 Å². The van der Waals surface area contributed by atoms with Gasteiger partial charge in [-0.3, -0.25) is 4.79 Å². The molecule has 0 bridgehead atoms. The molecule has 16 heavy (non-hydrogen) atoms. The molecule has 1 aliphatic heterocycles. The zero-order valence-corrected chi connectivity index (χ0v) is 9.26. The lowest BCUT2D eigenvalue weighted by molar-refractivity contribution is -0.147. The summed E-state index contributed by atoms with van der Waals surface area (Å²) in [7, 11) is 0. The Morgan fingerprint density at radius 2 is 2.00 bits per heavy atom. The lowest BCUT2D eigenvalue weighted by atomic mass is 9.90. The van der Waals surface area contributed by atoms with Gasteiger partial charge in [0.15, 0.2) is 0 Å². The molecule has 1 amide bonds. The monoisotopic (exact) mass is 220 g/mol. The van der Waals surface area contributed by atoms with E-state index in [9.17, 15) is 4.79 Å². The van der Waals surface area contributed by atoms with Gasteiger partial charge >= 0.3 is 0 Å². The molecule has 0 spiro atoms. The molecule has 0 aromatic heterocycles. The van der Waals surface area contributed by atoms with Gasteiger partial charge in [-0.1, -0.05) is 30.3 Å². The van der Waals surface area contributed by atoms with E-state index in [1.165, 1.54) is 0 Å². The van der Waals surface area contributed by atoms with Gasteiger partial charge < -0.3 is 15.7 Å². The van der Waals surface area contributed by atoms with Crippen LogP contribution in [0.3, 0.4) is 0 Å². The summed E-state index contributed by atoms with van der Waals surface area (Å²) in [6, 6.07) is 9.29. The topological polar surface area (TPSA) is 66.6 Å². The zero-order chi connectivity index (χ0) is 11.8. The van der Waals surface area contributed by atoms with E-state index in [1.54, 1.807) is 11.8 Å². The second kappa shape index (κ2) is 3.88. The smallest absolute Gasteiger partial charge is 0.247 e. The molecule has 1 fully saturated rings. The van der Waals surface area contributed by atoms with Crippen molar-refractivity contribution in [1.29, 1.82) is 0 Å². The highest BCUT2D eigenvalue weighted by molar-refractivity contribution is 5.87. The average molecular weight is 220 g/mol. The first-order valence-corrected chi connectivity index (χ1v) is 5.33. The summed E-state index contributed by atoms with van der Waals surface area (Å²) in [5.41, 5.74) is 5.85. The first-order valence-electron chi connectivity index (χ1n) is 5.33. The van der Waals surface area contributed by atoms with Crippen LogP contribution >= 0.6 is 0 Å². The van der Waals surface area contributed by atoms with Gasteiger partial charge in [0.2, 0.25) is 5.91 Å². The van der Waals surface area contributed by atoms with Crippen LogP contribution < -0.4 is 5.73 Å². The molecule has 0 saturated carbocycles. The van der Waals surface area contributed by atoms with Crippen LogP contribution in [0.15, 0.2) is 30.3 Å². The minimum Gasteiger partial charge on any atom is -0.389 e. The summed E-state index contributed by atoms with van der Waals surface area (Å²) >= 11 is 0. The van der Waals surface area contributed by atoms with E-state index in [0.29, 0.717) is 13.1 Å². The molecule has 0 aliphatic carbocycles. The molecule has 1 aromatic rings. The number of carbonyl (C=O) groups is 1. The first-order chi connectivity index (χ1) is 7.51. The molecule has 1 saturated heterocycles. The molecule has 1 atom stereocenters. The van der Waals surface area contributed by atoms with E-state index < -0.39 is 11.6 Å². The Labute approximate surface area is 94.7 Å². The van der Waals surface area contributed by atoms with Crippen molar-refractivity contribution in [3.63, 3.8) is 0 Å². The minimum absolute atomic E-state index is 0.135. The van der Waals surface area contributed by atoms with Gasteiger partial charge in [0.05, 0.1) is 6.10 Å². The molecule has 1 unspecified atom stereocenters. The number of likely N-dealkylation sites (tertiary alicyclic amines) is 1. The van der Waals surface area contributed by atoms with E-state index in [-0.39, 0.29) is 5.91 Å². The van der Waals surface area contributed by atoms with E-state index >= 15 is 0 Å². The summed E-state index contributed by atoms with van der Waals surface area (Å²) in [5.74, 6) is -0.135. The number of hydrogen-bond donors (Lipinski definition) is 2. The third kappa shape index (κ3) is 1.81. The third-order valence-electron chi connectivity index (χ3n) is 2.97. The fourth-order valence-electron chi connectivity index (χ4n) is 1.86. The fourth-order valence-corrected chi connectivity index (χ4v) is 1.86. The van der Waals surface area contributed by atoms with Gasteiger partial charge in [0.25, 0.3) is 0 Å². The van der Waals surface area contributed by atoms with Gasteiger partial charge in [0, 0.05) is 13.1 Å². The number of aliphatic hydroxyl groups excluding tert-OH is 1. The van der Waals surface area contributed by atoms with Crippen LogP contribution in [0, 0.1) is 0 Å². The number of nitrogens with zero attached hydrogens (tertiary/aromatic N) is 1. The Morgan fingerprint density at radius 1 is 1.44 bits per heavy atom. The van der Waals surface area contributed by atoms with E-state index in [1.807, 2.05) is 30.3 Å². The summed E-state index contributed by atoms with van der Waals surface area (Å²) in [6.45, 7) is 2.48. The molecular weight excluding hydrogens is 204 g/mol. The lowest BCUT2D eigenvalue weighted by Crippen LogP contribution is -2.60. The summed E-state index contributed by atoms with van der Waals surface area (Å²) in [5, 5.41) is 9.17. The predicted molar refractivity (Wildman–Crippen MR) is 60.6 cm³/mol. The zero-order valence-electron chi connectivity index (χ0n) is 9.26. The number of carbonyl (C=O) groups excluding carboxylic acids is 1. The maximum atomic E-state index is 12.1. The molecule has 2 rings (SSSR count). The fraction of sp³-hybridized carbons (Fsp3) is 0.417. The van der Waals surface area contributed by atoms with Crippen LogP contribution in [0.25, 0.3) is 0 Å². The number of rotatable bonds is 2. The Hall–Kier alpha value is -1.39. The van der Waals surface area contributed by atoms with Crippen LogP contribution in [0.2, 0.25) is 0 Å². The van der Waals surface area contributed by atoms with Gasteiger partial charge in [-0.25, -0.2) is 0 Å². The normalized spacial score (nSPS) is 20.1. The molecule has 1 aliphatic rings. The van der Waals surface area contributed by atoms with Crippen molar-refractivity contribution in [3.05, 3.63) is 35.9 Å². The van der Waals surface area contributed by atoms with E-state index in [0.717, 1.165) is 5.56 Å². The number of benzene rings is 1. The molecule has 1 heterocycles. The van der Waals surface area contributed by atoms with E-state index in [2.05, 4.69) is 0 Å². The molecule has 1 aromatic carbocycles. The number of hydrogen-bond acceptors (Lipinski definition) is 3. The standard InChI is InChI=1S/C12H16N2O2/c1-12(13,9-5-3-2-4-6-9)11(16)14-7-10(15)8-14/h2-6,10,15H,7-8,13H2,1H3. The van der Waals surface area contributed by atoms with Gasteiger partial charge in [-0.05, 0) is 12.5 Å². The van der Waals surface area contributed by atoms with Crippen molar-refractivity contribution in [2.24, 2.45) is 5.73 Å². The summed E-state index contributed by atoms with van der Waals surface area (Å²) < 4.78 is 0. The highest BCUT2D eigenvalue weighted by Gasteiger charge is 2.39. The number of aliphatic hydroxyl groups is 1. The second-order valence-corrected chi connectivity index (χ2v) is 4.43. The highest BCUT2D eigenvalue weighted by Crippen LogP contribution is 2.23. The van der Waals surface area contributed by atoms with Crippen LogP contribution in [0.5, 0.6) is 0 Å². The number of β-amino-alcohol motifs (C(OH)–C–C–N with tert-alkyl or cyclic N) is 1. The quantitative estimate of drug-likeness (QED) is 0.741. The van der Waals surface area contributed by atoms with Crippen LogP contribution in [0.4, 0.5) is 0 Å². The summed E-state index contributed by atoms with van der Waals surface area (Å²) in [6.07, 6.45) is -0.393. The van der Waals surface area contributed by atoms with Crippen molar-refractivity contribution in [2.45, 2.75) is 18.6 Å². The second-order valence-electron chi connectivity index (χ2n) is 4.43. The molecule has 0 radical (unpaired) electrons. The SMILES string of the molecule is CC(N)(C(=O)N1CC(O)C1)c1ccccc1. The molecule has 4 heteroatoms. The number of amides is 1. The van der Waals surface area contributed by atoms with Crippen molar-refractivity contribution >= 4 is 5.91 Å². The predicted octanol–water partition coefficient (Wildman–Crippen LogP) is 0.0636. The van der Waals surface area contributed by atoms with Crippen molar-refractivity contribution < 1.29 is 9.90 Å². The molecular formula is C12H16N2O2. The van der Waals surface area contributed by atoms with Gasteiger partial charge in [0.1, 0.15) is 5.54 Å². The maximum Gasteiger partial charge on any atom is 0.247 e. The molecule has 4 nitrogen and oxygen atoms in total. The Balaban J connectivity index is 2.16. The van der Waals surface area contributed by atoms with E-state index in [4.69, 9.17) is 10.8 Å². The lowest BCUT2D eigenvalue weighted by Gasteiger charge is -2.40. The number of nitrogens with two attached hydrogens (primary N) is 1.